The summed E-state index contributed by atoms with van der Waals surface area (Å²) in [6.07, 6.45) is 5.61. The SMILES string of the molecule is CN=C(NCc1cn2ccccc2n1)N1CCN(C(=O)C2CCCO2)CC1. The van der Waals surface area contributed by atoms with Crippen LogP contribution in [-0.2, 0) is 16.1 Å². The van der Waals surface area contributed by atoms with E-state index in [1.807, 2.05) is 39.9 Å². The monoisotopic (exact) mass is 370 g/mol. The van der Waals surface area contributed by atoms with Crippen molar-refractivity contribution in [3.8, 4) is 0 Å². The summed E-state index contributed by atoms with van der Waals surface area (Å²) < 4.78 is 7.54. The minimum Gasteiger partial charge on any atom is -0.368 e. The van der Waals surface area contributed by atoms with Crippen molar-refractivity contribution in [3.63, 3.8) is 0 Å². The second-order valence-electron chi connectivity index (χ2n) is 6.91. The van der Waals surface area contributed by atoms with Crippen LogP contribution in [-0.4, -0.2) is 77.0 Å². The highest BCUT2D eigenvalue weighted by atomic mass is 16.5. The third-order valence-electron chi connectivity index (χ3n) is 5.15. The molecule has 27 heavy (non-hydrogen) atoms. The maximum absolute atomic E-state index is 12.5. The third kappa shape index (κ3) is 3.90. The van der Waals surface area contributed by atoms with Crippen LogP contribution in [0.4, 0.5) is 0 Å². The van der Waals surface area contributed by atoms with Crippen molar-refractivity contribution in [1.82, 2.24) is 24.5 Å². The van der Waals surface area contributed by atoms with Crippen LogP contribution in [0, 0.1) is 0 Å². The molecular weight excluding hydrogens is 344 g/mol. The van der Waals surface area contributed by atoms with Crippen LogP contribution < -0.4 is 5.32 Å². The maximum atomic E-state index is 12.5. The first kappa shape index (κ1) is 17.8. The molecule has 0 radical (unpaired) electrons. The zero-order valence-corrected chi connectivity index (χ0v) is 15.7. The van der Waals surface area contributed by atoms with E-state index in [1.165, 1.54) is 0 Å². The van der Waals surface area contributed by atoms with Crippen LogP contribution in [0.1, 0.15) is 18.5 Å². The average Bonchev–Trinajstić information content (AvgIpc) is 3.38. The van der Waals surface area contributed by atoms with Gasteiger partial charge in [-0.25, -0.2) is 4.98 Å². The Bertz CT molecular complexity index is 785. The summed E-state index contributed by atoms with van der Waals surface area (Å²) in [5.74, 6) is 0.982. The molecule has 144 valence electrons. The Labute approximate surface area is 158 Å². The number of carbonyl (C=O) groups is 1. The Morgan fingerprint density at radius 3 is 2.81 bits per heavy atom. The lowest BCUT2D eigenvalue weighted by molar-refractivity contribution is -0.142. The topological polar surface area (TPSA) is 74.5 Å². The van der Waals surface area contributed by atoms with Gasteiger partial charge in [-0.3, -0.25) is 9.79 Å². The minimum atomic E-state index is -0.232. The molecule has 0 aromatic carbocycles. The molecule has 2 fully saturated rings. The molecule has 2 aromatic rings. The van der Waals surface area contributed by atoms with Gasteiger partial charge in [0.2, 0.25) is 0 Å². The lowest BCUT2D eigenvalue weighted by atomic mass is 10.2. The molecule has 1 amide bonds. The van der Waals surface area contributed by atoms with Gasteiger partial charge in [-0.15, -0.1) is 0 Å². The molecule has 8 nitrogen and oxygen atoms in total. The van der Waals surface area contributed by atoms with Crippen LogP contribution >= 0.6 is 0 Å². The zero-order chi connectivity index (χ0) is 18.6. The van der Waals surface area contributed by atoms with E-state index >= 15 is 0 Å². The molecule has 2 saturated heterocycles. The second-order valence-corrected chi connectivity index (χ2v) is 6.91. The van der Waals surface area contributed by atoms with Crippen molar-refractivity contribution >= 4 is 17.5 Å². The van der Waals surface area contributed by atoms with Gasteiger partial charge in [-0.2, -0.15) is 0 Å². The summed E-state index contributed by atoms with van der Waals surface area (Å²) in [4.78, 5) is 25.6. The van der Waals surface area contributed by atoms with E-state index in [2.05, 4.69) is 20.2 Å². The number of amides is 1. The van der Waals surface area contributed by atoms with E-state index in [-0.39, 0.29) is 12.0 Å². The van der Waals surface area contributed by atoms with Gasteiger partial charge in [0.25, 0.3) is 5.91 Å². The van der Waals surface area contributed by atoms with E-state index in [0.29, 0.717) is 26.2 Å². The number of nitrogens with zero attached hydrogens (tertiary/aromatic N) is 5. The van der Waals surface area contributed by atoms with Crippen molar-refractivity contribution < 1.29 is 9.53 Å². The van der Waals surface area contributed by atoms with Crippen LogP contribution in [0.25, 0.3) is 5.65 Å². The summed E-state index contributed by atoms with van der Waals surface area (Å²) in [5, 5.41) is 3.39. The second kappa shape index (κ2) is 7.96. The van der Waals surface area contributed by atoms with Crippen molar-refractivity contribution in [3.05, 3.63) is 36.3 Å². The van der Waals surface area contributed by atoms with Crippen LogP contribution in [0.2, 0.25) is 0 Å². The molecule has 0 aliphatic carbocycles. The molecule has 0 spiro atoms. The van der Waals surface area contributed by atoms with E-state index in [9.17, 15) is 4.79 Å². The van der Waals surface area contributed by atoms with E-state index in [4.69, 9.17) is 4.74 Å². The number of guanidine groups is 1. The van der Waals surface area contributed by atoms with Gasteiger partial charge in [0, 0.05) is 52.2 Å². The predicted molar refractivity (Wildman–Crippen MR) is 103 cm³/mol. The summed E-state index contributed by atoms with van der Waals surface area (Å²) in [7, 11) is 1.79. The Balaban J connectivity index is 1.30. The molecule has 1 N–H and O–H groups in total. The maximum Gasteiger partial charge on any atom is 0.251 e. The first-order valence-corrected chi connectivity index (χ1v) is 9.53. The fraction of sp³-hybridized carbons (Fsp3) is 0.526. The smallest absolute Gasteiger partial charge is 0.251 e. The van der Waals surface area contributed by atoms with Crippen LogP contribution in [0.15, 0.2) is 35.6 Å². The molecule has 1 unspecified atom stereocenters. The third-order valence-corrected chi connectivity index (χ3v) is 5.15. The van der Waals surface area contributed by atoms with Gasteiger partial charge >= 0.3 is 0 Å². The van der Waals surface area contributed by atoms with E-state index < -0.39 is 0 Å². The van der Waals surface area contributed by atoms with Gasteiger partial charge in [0.1, 0.15) is 11.8 Å². The normalized spacial score (nSPS) is 21.1. The first-order valence-electron chi connectivity index (χ1n) is 9.53. The highest BCUT2D eigenvalue weighted by Gasteiger charge is 2.30. The van der Waals surface area contributed by atoms with Gasteiger partial charge in [0.05, 0.1) is 12.2 Å². The van der Waals surface area contributed by atoms with Crippen molar-refractivity contribution in [2.24, 2.45) is 4.99 Å². The average molecular weight is 370 g/mol. The minimum absolute atomic E-state index is 0.139. The number of hydrogen-bond acceptors (Lipinski definition) is 4. The molecule has 0 bridgehead atoms. The molecule has 8 heteroatoms. The van der Waals surface area contributed by atoms with Crippen molar-refractivity contribution in [1.29, 1.82) is 0 Å². The summed E-state index contributed by atoms with van der Waals surface area (Å²) in [5.41, 5.74) is 1.90. The number of rotatable bonds is 3. The number of nitrogens with one attached hydrogen (secondary N) is 1. The van der Waals surface area contributed by atoms with Gasteiger partial charge in [-0.1, -0.05) is 6.07 Å². The molecule has 1 atom stereocenters. The van der Waals surface area contributed by atoms with Crippen molar-refractivity contribution in [2.75, 3.05) is 39.8 Å². The first-order chi connectivity index (χ1) is 13.2. The highest BCUT2D eigenvalue weighted by molar-refractivity contribution is 5.82. The largest absolute Gasteiger partial charge is 0.368 e. The number of imidazole rings is 1. The molecule has 4 heterocycles. The summed E-state index contributed by atoms with van der Waals surface area (Å²) in [6, 6.07) is 5.96. The van der Waals surface area contributed by atoms with Gasteiger partial charge in [-0.05, 0) is 25.0 Å². The molecule has 0 saturated carbocycles. The molecule has 2 aliphatic rings. The Kier molecular flexibility index (Phi) is 5.24. The fourth-order valence-electron chi connectivity index (χ4n) is 3.69. The van der Waals surface area contributed by atoms with Crippen molar-refractivity contribution in [2.45, 2.75) is 25.5 Å². The predicted octanol–water partition coefficient (Wildman–Crippen LogP) is 0.733. The van der Waals surface area contributed by atoms with Crippen LogP contribution in [0.5, 0.6) is 0 Å². The molecule has 2 aromatic heterocycles. The zero-order valence-electron chi connectivity index (χ0n) is 15.7. The lowest BCUT2D eigenvalue weighted by Crippen LogP contribution is -2.55. The highest BCUT2D eigenvalue weighted by Crippen LogP contribution is 2.16. The molecule has 4 rings (SSSR count). The summed E-state index contributed by atoms with van der Waals surface area (Å²) in [6.45, 7) is 4.26. The Morgan fingerprint density at radius 1 is 1.30 bits per heavy atom. The van der Waals surface area contributed by atoms with E-state index in [0.717, 1.165) is 43.2 Å². The lowest BCUT2D eigenvalue weighted by Gasteiger charge is -2.37. The number of pyridine rings is 1. The number of ether oxygens (including phenoxy) is 1. The number of piperazine rings is 1. The Hall–Kier alpha value is -2.61. The number of aliphatic imine (C=N–C) groups is 1. The Morgan fingerprint density at radius 2 is 2.11 bits per heavy atom. The van der Waals surface area contributed by atoms with Crippen LogP contribution in [0.3, 0.4) is 0 Å². The summed E-state index contributed by atoms with van der Waals surface area (Å²) >= 11 is 0. The number of hydrogen-bond donors (Lipinski definition) is 1. The number of carbonyl (C=O) groups excluding carboxylic acids is 1. The molecular formula is C19H26N6O2. The number of fused-ring (bicyclic) bond motifs is 1. The quantitative estimate of drug-likeness (QED) is 0.637. The number of aromatic nitrogens is 2. The van der Waals surface area contributed by atoms with E-state index in [1.54, 1.807) is 7.05 Å². The van der Waals surface area contributed by atoms with Gasteiger partial charge in [0.15, 0.2) is 5.96 Å². The standard InChI is InChI=1S/C19H26N6O2/c1-20-19(21-13-15-14-25-7-3-2-6-17(25)22-15)24-10-8-23(9-11-24)18(26)16-5-4-12-27-16/h2-3,6-7,14,16H,4-5,8-13H2,1H3,(H,20,21). The molecule has 2 aliphatic heterocycles. The van der Waals surface area contributed by atoms with Gasteiger partial charge < -0.3 is 24.3 Å². The fourth-order valence-corrected chi connectivity index (χ4v) is 3.69.